The number of hydrogen-bond acceptors (Lipinski definition) is 2. The van der Waals surface area contributed by atoms with E-state index < -0.39 is 10.0 Å². The van der Waals surface area contributed by atoms with E-state index in [4.69, 9.17) is 0 Å². The molecule has 3 aromatic carbocycles. The summed E-state index contributed by atoms with van der Waals surface area (Å²) < 4.78 is 28.1. The van der Waals surface area contributed by atoms with Crippen molar-refractivity contribution in [1.82, 2.24) is 4.72 Å². The Morgan fingerprint density at radius 3 is 2.28 bits per heavy atom. The van der Waals surface area contributed by atoms with Gasteiger partial charge in [0.05, 0.1) is 4.90 Å². The Balaban J connectivity index is 1.86. The van der Waals surface area contributed by atoms with Gasteiger partial charge in [0.2, 0.25) is 10.0 Å². The van der Waals surface area contributed by atoms with Gasteiger partial charge in [-0.05, 0) is 52.4 Å². The molecular weight excluding hydrogens is 330 g/mol. The second-order valence-corrected chi connectivity index (χ2v) is 7.91. The highest BCUT2D eigenvalue weighted by atomic mass is 32.2. The van der Waals surface area contributed by atoms with Crippen molar-refractivity contribution < 1.29 is 8.42 Å². The standard InChI is InChI=1S/C21H23NO2S/c1-3-16-9-10-17(4-2)20(13-16)15-22-25(23,24)21-12-11-18-7-5-6-8-19(18)14-21/h5-14,22H,3-4,15H2,1-2H3. The Bertz CT molecular complexity index is 994. The van der Waals surface area contributed by atoms with Crippen LogP contribution in [-0.2, 0) is 29.4 Å². The van der Waals surface area contributed by atoms with Gasteiger partial charge in [0, 0.05) is 6.54 Å². The third-order valence-corrected chi connectivity index (χ3v) is 5.94. The molecule has 0 bridgehead atoms. The van der Waals surface area contributed by atoms with Crippen molar-refractivity contribution >= 4 is 20.8 Å². The van der Waals surface area contributed by atoms with Crippen LogP contribution in [0.5, 0.6) is 0 Å². The van der Waals surface area contributed by atoms with Crippen LogP contribution in [0.2, 0.25) is 0 Å². The molecule has 0 spiro atoms. The molecule has 0 fully saturated rings. The lowest BCUT2D eigenvalue weighted by atomic mass is 10.0. The lowest BCUT2D eigenvalue weighted by Gasteiger charge is -2.12. The van der Waals surface area contributed by atoms with Crippen molar-refractivity contribution in [3.05, 3.63) is 77.4 Å². The molecule has 3 rings (SSSR count). The minimum absolute atomic E-state index is 0.302. The van der Waals surface area contributed by atoms with Crippen molar-refractivity contribution in [3.63, 3.8) is 0 Å². The van der Waals surface area contributed by atoms with Crippen molar-refractivity contribution in [3.8, 4) is 0 Å². The van der Waals surface area contributed by atoms with Crippen LogP contribution in [0.1, 0.15) is 30.5 Å². The van der Waals surface area contributed by atoms with Gasteiger partial charge in [-0.3, -0.25) is 0 Å². The summed E-state index contributed by atoms with van der Waals surface area (Å²) >= 11 is 0. The van der Waals surface area contributed by atoms with Gasteiger partial charge in [0.15, 0.2) is 0 Å². The quantitative estimate of drug-likeness (QED) is 0.712. The molecule has 3 aromatic rings. The summed E-state index contributed by atoms with van der Waals surface area (Å²) in [6.45, 7) is 4.50. The van der Waals surface area contributed by atoms with Crippen molar-refractivity contribution in [1.29, 1.82) is 0 Å². The summed E-state index contributed by atoms with van der Waals surface area (Å²) in [5.41, 5.74) is 3.45. The third kappa shape index (κ3) is 3.91. The van der Waals surface area contributed by atoms with Crippen LogP contribution in [0, 0.1) is 0 Å². The van der Waals surface area contributed by atoms with Gasteiger partial charge in [0.1, 0.15) is 0 Å². The molecule has 0 aliphatic carbocycles. The smallest absolute Gasteiger partial charge is 0.207 e. The molecule has 0 radical (unpaired) electrons. The van der Waals surface area contributed by atoms with E-state index in [9.17, 15) is 8.42 Å². The second-order valence-electron chi connectivity index (χ2n) is 6.14. The number of benzene rings is 3. The summed E-state index contributed by atoms with van der Waals surface area (Å²) in [5, 5.41) is 1.96. The van der Waals surface area contributed by atoms with E-state index >= 15 is 0 Å². The number of hydrogen-bond donors (Lipinski definition) is 1. The first-order chi connectivity index (χ1) is 12.0. The Morgan fingerprint density at radius 1 is 0.800 bits per heavy atom. The maximum atomic E-state index is 12.7. The van der Waals surface area contributed by atoms with Crippen LogP contribution in [0.15, 0.2) is 65.6 Å². The molecular formula is C21H23NO2S. The predicted molar refractivity (Wildman–Crippen MR) is 103 cm³/mol. The van der Waals surface area contributed by atoms with Gasteiger partial charge >= 0.3 is 0 Å². The lowest BCUT2D eigenvalue weighted by molar-refractivity contribution is 0.581. The summed E-state index contributed by atoms with van der Waals surface area (Å²) in [6, 6.07) is 19.3. The van der Waals surface area contributed by atoms with E-state index in [0.29, 0.717) is 11.4 Å². The van der Waals surface area contributed by atoms with E-state index in [2.05, 4.69) is 36.8 Å². The van der Waals surface area contributed by atoms with Gasteiger partial charge in [-0.25, -0.2) is 13.1 Å². The highest BCUT2D eigenvalue weighted by molar-refractivity contribution is 7.89. The van der Waals surface area contributed by atoms with Crippen molar-refractivity contribution in [2.75, 3.05) is 0 Å². The Hall–Kier alpha value is -2.17. The van der Waals surface area contributed by atoms with Crippen LogP contribution in [0.25, 0.3) is 10.8 Å². The van der Waals surface area contributed by atoms with E-state index in [1.807, 2.05) is 30.3 Å². The lowest BCUT2D eigenvalue weighted by Crippen LogP contribution is -2.24. The molecule has 0 heterocycles. The van der Waals surface area contributed by atoms with Crippen LogP contribution in [0.3, 0.4) is 0 Å². The molecule has 0 amide bonds. The van der Waals surface area contributed by atoms with Gasteiger partial charge in [-0.15, -0.1) is 0 Å². The molecule has 130 valence electrons. The first-order valence-electron chi connectivity index (χ1n) is 8.62. The fourth-order valence-electron chi connectivity index (χ4n) is 3.00. The Kier molecular flexibility index (Phi) is 5.21. The maximum Gasteiger partial charge on any atom is 0.240 e. The fourth-order valence-corrected chi connectivity index (χ4v) is 4.04. The number of sulfonamides is 1. The number of nitrogens with one attached hydrogen (secondary N) is 1. The van der Waals surface area contributed by atoms with E-state index in [0.717, 1.165) is 29.2 Å². The second kappa shape index (κ2) is 7.38. The Morgan fingerprint density at radius 2 is 1.56 bits per heavy atom. The summed E-state index contributed by atoms with van der Waals surface area (Å²) in [4.78, 5) is 0.302. The average molecular weight is 353 g/mol. The van der Waals surface area contributed by atoms with Gasteiger partial charge in [-0.2, -0.15) is 0 Å². The molecule has 0 aliphatic rings. The van der Waals surface area contributed by atoms with Crippen LogP contribution >= 0.6 is 0 Å². The fraction of sp³-hybridized carbons (Fsp3) is 0.238. The summed E-state index contributed by atoms with van der Waals surface area (Å²) in [5.74, 6) is 0. The molecule has 25 heavy (non-hydrogen) atoms. The predicted octanol–water partition coefficient (Wildman–Crippen LogP) is 4.44. The SMILES string of the molecule is CCc1ccc(CC)c(CNS(=O)(=O)c2ccc3ccccc3c2)c1. The van der Waals surface area contributed by atoms with Crippen LogP contribution in [-0.4, -0.2) is 8.42 Å². The third-order valence-electron chi connectivity index (χ3n) is 4.54. The highest BCUT2D eigenvalue weighted by Crippen LogP contribution is 2.20. The minimum Gasteiger partial charge on any atom is -0.207 e. The molecule has 0 unspecified atom stereocenters. The normalized spacial score (nSPS) is 11.8. The van der Waals surface area contributed by atoms with Crippen LogP contribution in [0.4, 0.5) is 0 Å². The van der Waals surface area contributed by atoms with Crippen LogP contribution < -0.4 is 4.72 Å². The molecule has 0 saturated heterocycles. The van der Waals surface area contributed by atoms with Gasteiger partial charge < -0.3 is 0 Å². The first kappa shape index (κ1) is 17.6. The largest absolute Gasteiger partial charge is 0.240 e. The zero-order chi connectivity index (χ0) is 17.9. The monoisotopic (exact) mass is 353 g/mol. The van der Waals surface area contributed by atoms with Gasteiger partial charge in [-0.1, -0.05) is 62.4 Å². The average Bonchev–Trinajstić information content (AvgIpc) is 2.65. The zero-order valence-electron chi connectivity index (χ0n) is 14.6. The molecule has 1 N–H and O–H groups in total. The number of rotatable bonds is 6. The summed E-state index contributed by atoms with van der Waals surface area (Å²) in [6.07, 6.45) is 1.82. The maximum absolute atomic E-state index is 12.7. The van der Waals surface area contributed by atoms with Gasteiger partial charge in [0.25, 0.3) is 0 Å². The minimum atomic E-state index is -3.54. The van der Waals surface area contributed by atoms with Crippen molar-refractivity contribution in [2.24, 2.45) is 0 Å². The molecule has 0 aliphatic heterocycles. The highest BCUT2D eigenvalue weighted by Gasteiger charge is 2.15. The molecule has 4 heteroatoms. The molecule has 0 aromatic heterocycles. The first-order valence-corrected chi connectivity index (χ1v) is 10.1. The number of fused-ring (bicyclic) bond motifs is 1. The molecule has 0 atom stereocenters. The molecule has 0 saturated carbocycles. The summed E-state index contributed by atoms with van der Waals surface area (Å²) in [7, 11) is -3.54. The number of aryl methyl sites for hydroxylation is 2. The van der Waals surface area contributed by atoms with E-state index in [1.165, 1.54) is 11.1 Å². The van der Waals surface area contributed by atoms with E-state index in [1.54, 1.807) is 12.1 Å². The topological polar surface area (TPSA) is 46.2 Å². The zero-order valence-corrected chi connectivity index (χ0v) is 15.4. The Labute approximate surface area is 149 Å². The van der Waals surface area contributed by atoms with E-state index in [-0.39, 0.29) is 0 Å². The van der Waals surface area contributed by atoms with Crippen molar-refractivity contribution in [2.45, 2.75) is 38.1 Å². The molecule has 3 nitrogen and oxygen atoms in total.